The number of aromatic nitrogens is 5. The lowest BCUT2D eigenvalue weighted by atomic mass is 10.1. The molecule has 1 aliphatic heterocycles. The molecule has 1 aromatic carbocycles. The fraction of sp³-hybridized carbons (Fsp3) is 0.321. The monoisotopic (exact) mass is 619 g/mol. The first-order chi connectivity index (χ1) is 21.1. The molecule has 1 aliphatic rings. The van der Waals surface area contributed by atoms with E-state index in [2.05, 4.69) is 27.2 Å². The van der Waals surface area contributed by atoms with Crippen molar-refractivity contribution in [1.29, 1.82) is 0 Å². The second-order valence-corrected chi connectivity index (χ2v) is 9.31. The number of fused-ring (bicyclic) bond motifs is 1. The van der Waals surface area contributed by atoms with Crippen molar-refractivity contribution < 1.29 is 36.9 Å². The molecule has 0 bridgehead atoms. The third-order valence-corrected chi connectivity index (χ3v) is 6.18. The van der Waals surface area contributed by atoms with Crippen LogP contribution in [0.5, 0.6) is 11.6 Å². The number of alkyl halides is 4. The summed E-state index contributed by atoms with van der Waals surface area (Å²) < 4.78 is 58.7. The summed E-state index contributed by atoms with van der Waals surface area (Å²) in [7, 11) is 0. The van der Waals surface area contributed by atoms with Crippen LogP contribution in [0.2, 0.25) is 0 Å². The molecular weight excluding hydrogens is 590 g/mol. The molecule has 0 saturated carbocycles. The van der Waals surface area contributed by atoms with Crippen molar-refractivity contribution in [3.8, 4) is 17.4 Å². The summed E-state index contributed by atoms with van der Waals surface area (Å²) in [6.07, 6.45) is -0.0366. The van der Waals surface area contributed by atoms with Gasteiger partial charge in [-0.25, -0.2) is 23.5 Å². The average Bonchev–Trinajstić information content (AvgIpc) is 3.28. The lowest BCUT2D eigenvalue weighted by Gasteiger charge is -2.23. The summed E-state index contributed by atoms with van der Waals surface area (Å²) in [5, 5.41) is 13.9. The van der Waals surface area contributed by atoms with E-state index in [1.165, 1.54) is 10.9 Å². The van der Waals surface area contributed by atoms with Gasteiger partial charge in [0.05, 0.1) is 6.54 Å². The maximum atomic E-state index is 13.2. The van der Waals surface area contributed by atoms with Crippen LogP contribution in [0.25, 0.3) is 16.9 Å². The Morgan fingerprint density at radius 1 is 1.16 bits per heavy atom. The molecule has 0 aliphatic carbocycles. The van der Waals surface area contributed by atoms with E-state index in [-0.39, 0.29) is 24.8 Å². The largest absolute Gasteiger partial charge is 0.491 e. The highest BCUT2D eigenvalue weighted by Gasteiger charge is 2.38. The summed E-state index contributed by atoms with van der Waals surface area (Å²) in [5.41, 5.74) is 0.864. The molecule has 1 fully saturated rings. The number of aliphatic carboxylic acids is 1. The zero-order valence-electron chi connectivity index (χ0n) is 23.3. The smallest absolute Gasteiger partial charge is 0.490 e. The third-order valence-electron chi connectivity index (χ3n) is 6.18. The van der Waals surface area contributed by atoms with Crippen LogP contribution in [0.1, 0.15) is 12.8 Å². The number of pyridine rings is 1. The van der Waals surface area contributed by atoms with Crippen molar-refractivity contribution in [3.05, 3.63) is 71.7 Å². The fourth-order valence-electron chi connectivity index (χ4n) is 4.20. The van der Waals surface area contributed by atoms with Gasteiger partial charge in [-0.2, -0.15) is 23.1 Å². The molecule has 0 amide bonds. The Morgan fingerprint density at radius 2 is 1.86 bits per heavy atom. The molecule has 3 aromatic heterocycles. The van der Waals surface area contributed by atoms with Gasteiger partial charge in [-0.05, 0) is 56.3 Å². The third kappa shape index (κ3) is 8.09. The number of halogens is 4. The number of carboxylic acids is 1. The van der Waals surface area contributed by atoms with E-state index in [0.717, 1.165) is 25.9 Å². The van der Waals surface area contributed by atoms with Crippen molar-refractivity contribution in [2.24, 2.45) is 0 Å². The number of piperidine rings is 1. The van der Waals surface area contributed by atoms with E-state index >= 15 is 0 Å². The second kappa shape index (κ2) is 14.5. The number of rotatable bonds is 10. The highest BCUT2D eigenvalue weighted by molar-refractivity contribution is 5.77. The number of benzene rings is 1. The average molecular weight is 620 g/mol. The van der Waals surface area contributed by atoms with Crippen LogP contribution in [-0.4, -0.2) is 74.0 Å². The molecule has 234 valence electrons. The number of ether oxygens (including phenoxy) is 2. The minimum Gasteiger partial charge on any atom is -0.491 e. The number of nitrogens with one attached hydrogen (secondary N) is 2. The molecule has 4 heterocycles. The number of carbonyl (C=O) groups is 1. The molecule has 0 atom stereocenters. The molecule has 5 rings (SSSR count). The molecule has 44 heavy (non-hydrogen) atoms. The van der Waals surface area contributed by atoms with Gasteiger partial charge in [-0.15, -0.1) is 6.58 Å². The second-order valence-electron chi connectivity index (χ2n) is 9.31. The van der Waals surface area contributed by atoms with E-state index in [0.29, 0.717) is 40.1 Å². The number of allylic oxidation sites excluding steroid dienone is 1. The van der Waals surface area contributed by atoms with Crippen molar-refractivity contribution in [3.63, 3.8) is 0 Å². The maximum absolute atomic E-state index is 13.2. The molecular formula is C28H29F4N7O5. The lowest BCUT2D eigenvalue weighted by Crippen LogP contribution is -2.34. The summed E-state index contributed by atoms with van der Waals surface area (Å²) in [4.78, 5) is 35.8. The minimum atomic E-state index is -5.08. The van der Waals surface area contributed by atoms with Gasteiger partial charge in [0.25, 0.3) is 5.56 Å². The summed E-state index contributed by atoms with van der Waals surface area (Å²) in [6.45, 7) is 5.32. The highest BCUT2D eigenvalue weighted by Crippen LogP contribution is 2.22. The Morgan fingerprint density at radius 3 is 2.50 bits per heavy atom. The molecule has 0 radical (unpaired) electrons. The number of carboxylic acid groups (broad SMARTS) is 1. The van der Waals surface area contributed by atoms with Crippen LogP contribution in [0, 0.1) is 0 Å². The van der Waals surface area contributed by atoms with Crippen LogP contribution in [0.3, 0.4) is 0 Å². The van der Waals surface area contributed by atoms with Gasteiger partial charge in [0.15, 0.2) is 11.5 Å². The van der Waals surface area contributed by atoms with Crippen LogP contribution >= 0.6 is 0 Å². The van der Waals surface area contributed by atoms with Gasteiger partial charge >= 0.3 is 12.1 Å². The molecule has 16 heteroatoms. The lowest BCUT2D eigenvalue weighted by molar-refractivity contribution is -0.192. The number of anilines is 2. The van der Waals surface area contributed by atoms with Gasteiger partial charge in [0.1, 0.15) is 30.5 Å². The first-order valence-corrected chi connectivity index (χ1v) is 13.4. The summed E-state index contributed by atoms with van der Waals surface area (Å²) in [6, 6.07) is 12.5. The van der Waals surface area contributed by atoms with Crippen LogP contribution in [0.15, 0.2) is 66.1 Å². The predicted molar refractivity (Wildman–Crippen MR) is 153 cm³/mol. The van der Waals surface area contributed by atoms with Gasteiger partial charge < -0.3 is 25.2 Å². The topological polar surface area (TPSA) is 145 Å². The van der Waals surface area contributed by atoms with Gasteiger partial charge in [0.2, 0.25) is 11.8 Å². The van der Waals surface area contributed by atoms with Gasteiger partial charge in [-0.1, -0.05) is 12.1 Å². The van der Waals surface area contributed by atoms with E-state index in [1.807, 2.05) is 12.1 Å². The minimum absolute atomic E-state index is 0.00389. The van der Waals surface area contributed by atoms with Crippen molar-refractivity contribution in [2.45, 2.75) is 31.7 Å². The van der Waals surface area contributed by atoms with E-state index < -0.39 is 18.8 Å². The summed E-state index contributed by atoms with van der Waals surface area (Å²) in [5.74, 6) is -0.901. The molecule has 0 unspecified atom stereocenters. The molecule has 0 spiro atoms. The number of nitrogens with zero attached hydrogens (tertiary/aromatic N) is 5. The maximum Gasteiger partial charge on any atom is 0.490 e. The first kappa shape index (κ1) is 31.9. The zero-order chi connectivity index (χ0) is 31.7. The normalized spacial score (nSPS) is 13.5. The van der Waals surface area contributed by atoms with Crippen LogP contribution in [0.4, 0.5) is 29.2 Å². The van der Waals surface area contributed by atoms with Crippen molar-refractivity contribution in [1.82, 2.24) is 29.6 Å². The Bertz CT molecular complexity index is 1630. The van der Waals surface area contributed by atoms with E-state index in [4.69, 9.17) is 24.4 Å². The Kier molecular flexibility index (Phi) is 10.5. The predicted octanol–water partition coefficient (Wildman–Crippen LogP) is 4.02. The van der Waals surface area contributed by atoms with Gasteiger partial charge in [-0.3, -0.25) is 4.79 Å². The Labute approximate surface area is 247 Å². The quantitative estimate of drug-likeness (QED) is 0.176. The molecule has 4 aromatic rings. The van der Waals surface area contributed by atoms with Crippen molar-refractivity contribution >= 4 is 28.6 Å². The number of hydrogen-bond donors (Lipinski definition) is 3. The highest BCUT2D eigenvalue weighted by atomic mass is 19.4. The van der Waals surface area contributed by atoms with Crippen molar-refractivity contribution in [2.75, 3.05) is 31.7 Å². The van der Waals surface area contributed by atoms with E-state index in [9.17, 15) is 22.4 Å². The van der Waals surface area contributed by atoms with Gasteiger partial charge in [0, 0.05) is 18.0 Å². The van der Waals surface area contributed by atoms with Crippen LogP contribution in [-0.2, 0) is 11.3 Å². The zero-order valence-corrected chi connectivity index (χ0v) is 23.3. The van der Waals surface area contributed by atoms with Crippen LogP contribution < -0.4 is 25.7 Å². The molecule has 12 nitrogen and oxygen atoms in total. The fourth-order valence-corrected chi connectivity index (χ4v) is 4.20. The molecule has 1 saturated heterocycles. The summed E-state index contributed by atoms with van der Waals surface area (Å²) >= 11 is 0. The SMILES string of the molecule is C=CCn1c(=O)c2cnc(Nc3ccc(OCCF)cc3)nc2n1-c1cccc(OC2CCNCC2)n1.O=C(O)C(F)(F)F. The first-order valence-electron chi connectivity index (χ1n) is 13.4. The standard InChI is InChI=1S/C26H28FN7O3.C2HF3O2/c1-2-15-33-25(35)21-17-29-26(30-18-6-8-19(9-7-18)36-16-12-27)32-24(21)34(33)22-4-3-5-23(31-22)37-20-10-13-28-14-11-20;3-2(4,5)1(6)7/h2-9,17,20,28H,1,10-16H2,(H,29,30,32);(H,6,7). The Hall–Kier alpha value is -4.99. The Balaban J connectivity index is 0.000000566. The number of hydrogen-bond acceptors (Lipinski definition) is 9. The molecule has 3 N–H and O–H groups in total. The van der Waals surface area contributed by atoms with E-state index in [1.54, 1.807) is 41.1 Å².